The van der Waals surface area contributed by atoms with Crippen LogP contribution in [0, 0.1) is 0 Å². The summed E-state index contributed by atoms with van der Waals surface area (Å²) in [4.78, 5) is 52.1. The Labute approximate surface area is 249 Å². The SMILES string of the molecule is O=C(OCC1OC(n2ncc(Cl)c(Cl)c2=O)C(OC(=O)c2ccccc2)C1OC(=O)c1ccccc1)c1ccccc1. The van der Waals surface area contributed by atoms with Gasteiger partial charge in [0.1, 0.15) is 17.7 Å². The van der Waals surface area contributed by atoms with Crippen molar-refractivity contribution in [2.45, 2.75) is 24.5 Å². The lowest BCUT2D eigenvalue weighted by Crippen LogP contribution is -2.42. The second kappa shape index (κ2) is 13.0. The van der Waals surface area contributed by atoms with Crippen LogP contribution in [0.2, 0.25) is 10.0 Å². The monoisotopic (exact) mass is 608 g/mol. The number of carbonyl (C=O) groups excluding carboxylic acids is 3. The molecular formula is C30H22Cl2N2O8. The summed E-state index contributed by atoms with van der Waals surface area (Å²) in [6.45, 7) is -0.424. The molecule has 10 nitrogen and oxygen atoms in total. The maximum Gasteiger partial charge on any atom is 0.338 e. The minimum Gasteiger partial charge on any atom is -0.459 e. The summed E-state index contributed by atoms with van der Waals surface area (Å²) in [5.41, 5.74) is -0.166. The van der Waals surface area contributed by atoms with Gasteiger partial charge in [0.25, 0.3) is 5.56 Å². The van der Waals surface area contributed by atoms with Crippen LogP contribution in [0.1, 0.15) is 37.3 Å². The van der Waals surface area contributed by atoms with E-state index in [1.165, 1.54) is 24.3 Å². The Morgan fingerprint density at radius 1 is 0.738 bits per heavy atom. The van der Waals surface area contributed by atoms with Crippen molar-refractivity contribution < 1.29 is 33.3 Å². The van der Waals surface area contributed by atoms with Gasteiger partial charge in [-0.2, -0.15) is 9.78 Å². The topological polar surface area (TPSA) is 123 Å². The van der Waals surface area contributed by atoms with Crippen molar-refractivity contribution in [2.75, 3.05) is 6.61 Å². The molecule has 4 atom stereocenters. The first kappa shape index (κ1) is 29.0. The van der Waals surface area contributed by atoms with Crippen molar-refractivity contribution in [1.82, 2.24) is 9.78 Å². The number of esters is 3. The third-order valence-corrected chi connectivity index (χ3v) is 7.07. The molecule has 1 aromatic heterocycles. The van der Waals surface area contributed by atoms with E-state index in [9.17, 15) is 19.2 Å². The molecule has 0 N–H and O–H groups in total. The average Bonchev–Trinajstić information content (AvgIpc) is 3.35. The van der Waals surface area contributed by atoms with Gasteiger partial charge in [-0.3, -0.25) is 4.79 Å². The molecule has 214 valence electrons. The Morgan fingerprint density at radius 3 is 1.74 bits per heavy atom. The van der Waals surface area contributed by atoms with E-state index in [0.29, 0.717) is 0 Å². The summed E-state index contributed by atoms with van der Waals surface area (Å²) in [5.74, 6) is -2.22. The quantitative estimate of drug-likeness (QED) is 0.206. The van der Waals surface area contributed by atoms with Gasteiger partial charge in [0.05, 0.1) is 27.9 Å². The Kier molecular flexibility index (Phi) is 8.97. The molecule has 1 saturated heterocycles. The molecule has 1 aliphatic heterocycles. The molecule has 1 fully saturated rings. The van der Waals surface area contributed by atoms with Crippen LogP contribution in [0.25, 0.3) is 0 Å². The normalized spacial score (nSPS) is 19.6. The van der Waals surface area contributed by atoms with Gasteiger partial charge in [0.2, 0.25) is 0 Å². The van der Waals surface area contributed by atoms with Crippen molar-refractivity contribution in [3.8, 4) is 0 Å². The molecule has 1 aliphatic rings. The minimum absolute atomic E-state index is 0.103. The lowest BCUT2D eigenvalue weighted by Gasteiger charge is -2.24. The maximum atomic E-state index is 13.2. The van der Waals surface area contributed by atoms with E-state index in [2.05, 4.69) is 5.10 Å². The van der Waals surface area contributed by atoms with Gasteiger partial charge in [0, 0.05) is 0 Å². The van der Waals surface area contributed by atoms with E-state index in [-0.39, 0.29) is 26.7 Å². The van der Waals surface area contributed by atoms with Gasteiger partial charge >= 0.3 is 17.9 Å². The zero-order chi connectivity index (χ0) is 29.6. The standard InChI is InChI=1S/C30H22Cl2N2O8/c31-21-16-33-34(26(35)23(21)32)27-25(42-30(38)20-14-8-3-9-15-20)24(41-29(37)19-12-6-2-7-13-19)22(40-27)17-39-28(36)18-10-4-1-5-11-18/h1-16,22,24-25,27H,17H2. The Morgan fingerprint density at radius 2 is 1.21 bits per heavy atom. The first-order valence-electron chi connectivity index (χ1n) is 12.7. The third kappa shape index (κ3) is 6.36. The Balaban J connectivity index is 1.51. The van der Waals surface area contributed by atoms with Crippen molar-refractivity contribution in [2.24, 2.45) is 0 Å². The molecule has 4 aromatic rings. The summed E-state index contributed by atoms with van der Waals surface area (Å²) >= 11 is 12.1. The Hall–Kier alpha value is -4.51. The lowest BCUT2D eigenvalue weighted by molar-refractivity contribution is -0.0692. The van der Waals surface area contributed by atoms with Crippen LogP contribution in [0.15, 0.2) is 102 Å². The molecule has 12 heteroatoms. The fourth-order valence-corrected chi connectivity index (χ4v) is 4.52. The number of nitrogens with zero attached hydrogens (tertiary/aromatic N) is 2. The molecule has 3 aromatic carbocycles. The number of aromatic nitrogens is 2. The molecule has 0 bridgehead atoms. The van der Waals surface area contributed by atoms with Gasteiger partial charge in [-0.05, 0) is 36.4 Å². The van der Waals surface area contributed by atoms with Crippen LogP contribution in [0.5, 0.6) is 0 Å². The zero-order valence-corrected chi connectivity index (χ0v) is 23.2. The smallest absolute Gasteiger partial charge is 0.338 e. The van der Waals surface area contributed by atoms with Crippen LogP contribution in [-0.2, 0) is 18.9 Å². The average molecular weight is 609 g/mol. The first-order valence-corrected chi connectivity index (χ1v) is 13.4. The molecule has 2 heterocycles. The highest BCUT2D eigenvalue weighted by Gasteiger charge is 2.52. The van der Waals surface area contributed by atoms with Crippen molar-refractivity contribution in [1.29, 1.82) is 0 Å². The van der Waals surface area contributed by atoms with Crippen molar-refractivity contribution >= 4 is 41.1 Å². The number of halogens is 2. The van der Waals surface area contributed by atoms with E-state index < -0.39 is 54.6 Å². The number of hydrogen-bond acceptors (Lipinski definition) is 9. The van der Waals surface area contributed by atoms with Crippen LogP contribution in [0.4, 0.5) is 0 Å². The van der Waals surface area contributed by atoms with Gasteiger partial charge in [-0.25, -0.2) is 14.4 Å². The number of carbonyl (C=O) groups is 3. The molecular weight excluding hydrogens is 587 g/mol. The van der Waals surface area contributed by atoms with E-state index in [0.717, 1.165) is 10.9 Å². The maximum absolute atomic E-state index is 13.2. The second-order valence-electron chi connectivity index (χ2n) is 9.06. The molecule has 42 heavy (non-hydrogen) atoms. The fourth-order valence-electron chi connectivity index (χ4n) is 4.26. The number of rotatable bonds is 8. The molecule has 0 saturated carbocycles. The third-order valence-electron chi connectivity index (χ3n) is 6.32. The van der Waals surface area contributed by atoms with E-state index >= 15 is 0 Å². The van der Waals surface area contributed by atoms with Crippen LogP contribution < -0.4 is 5.56 Å². The van der Waals surface area contributed by atoms with E-state index in [1.807, 2.05) is 0 Å². The summed E-state index contributed by atoms with van der Waals surface area (Å²) < 4.78 is 24.0. The highest BCUT2D eigenvalue weighted by molar-refractivity contribution is 6.41. The van der Waals surface area contributed by atoms with Crippen LogP contribution in [-0.4, -0.2) is 52.6 Å². The van der Waals surface area contributed by atoms with Crippen molar-refractivity contribution in [3.05, 3.63) is 134 Å². The lowest BCUT2D eigenvalue weighted by atomic mass is 10.1. The molecule has 5 rings (SSSR count). The summed E-state index contributed by atoms with van der Waals surface area (Å²) in [5, 5.41) is 3.57. The molecule has 0 aliphatic carbocycles. The predicted molar refractivity (Wildman–Crippen MR) is 150 cm³/mol. The summed E-state index contributed by atoms with van der Waals surface area (Å²) in [6.07, 6.45) is -4.27. The summed E-state index contributed by atoms with van der Waals surface area (Å²) in [6, 6.07) is 24.4. The molecule has 0 spiro atoms. The van der Waals surface area contributed by atoms with Crippen LogP contribution in [0.3, 0.4) is 0 Å². The van der Waals surface area contributed by atoms with E-state index in [4.69, 9.17) is 42.1 Å². The van der Waals surface area contributed by atoms with E-state index in [1.54, 1.807) is 66.7 Å². The number of hydrogen-bond donors (Lipinski definition) is 0. The molecule has 4 unspecified atom stereocenters. The minimum atomic E-state index is -1.44. The first-order chi connectivity index (χ1) is 20.3. The van der Waals surface area contributed by atoms with Gasteiger partial charge in [0.15, 0.2) is 18.4 Å². The zero-order valence-electron chi connectivity index (χ0n) is 21.7. The number of benzene rings is 3. The van der Waals surface area contributed by atoms with Gasteiger partial charge in [-0.1, -0.05) is 77.8 Å². The summed E-state index contributed by atoms with van der Waals surface area (Å²) in [7, 11) is 0. The van der Waals surface area contributed by atoms with Crippen LogP contribution >= 0.6 is 23.2 Å². The van der Waals surface area contributed by atoms with Gasteiger partial charge in [-0.15, -0.1) is 0 Å². The predicted octanol–water partition coefficient (Wildman–Crippen LogP) is 4.76. The largest absolute Gasteiger partial charge is 0.459 e. The molecule has 0 amide bonds. The second-order valence-corrected chi connectivity index (χ2v) is 9.84. The van der Waals surface area contributed by atoms with Crippen molar-refractivity contribution in [3.63, 3.8) is 0 Å². The highest BCUT2D eigenvalue weighted by atomic mass is 35.5. The van der Waals surface area contributed by atoms with Gasteiger partial charge < -0.3 is 18.9 Å². The fraction of sp³-hybridized carbons (Fsp3) is 0.167. The Bertz CT molecular complexity index is 1630. The number of ether oxygens (including phenoxy) is 4. The molecule has 0 radical (unpaired) electrons. The highest BCUT2D eigenvalue weighted by Crippen LogP contribution is 2.35.